The lowest BCUT2D eigenvalue weighted by Gasteiger charge is -2.47. The van der Waals surface area contributed by atoms with Crippen LogP contribution in [0.1, 0.15) is 25.7 Å². The number of carboxylic acids is 1. The van der Waals surface area contributed by atoms with Gasteiger partial charge < -0.3 is 25.2 Å². The van der Waals surface area contributed by atoms with Gasteiger partial charge in [0.1, 0.15) is 10.7 Å². The predicted molar refractivity (Wildman–Crippen MR) is 153 cm³/mol. The number of hydrogen-bond donors (Lipinski definition) is 3. The van der Waals surface area contributed by atoms with E-state index in [2.05, 4.69) is 41.6 Å². The second kappa shape index (κ2) is 10.2. The monoisotopic (exact) mass is 582 g/mol. The fourth-order valence-corrected chi connectivity index (χ4v) is 7.58. The Morgan fingerprint density at radius 3 is 2.58 bits per heavy atom. The standard InChI is InChI=1S/C27H28ClFN8O2S/c28-17-13-31-25-22(32-17)16(12-30-25)23-34-24(33-21-15-5-3-14(4-6-15)19(21)27(38)39)20(29)26(35-23)37-9-7-36(8-10-37)18-2-1-11-40-18/h1-2,11-15,19,21H,3-10H2,(H,30,31)(H,38,39)(H,33,34,35)/t14?,15?,19-,21-/m0/s1. The molecule has 3 saturated carbocycles. The van der Waals surface area contributed by atoms with E-state index in [1.54, 1.807) is 17.5 Å². The van der Waals surface area contributed by atoms with Crippen molar-refractivity contribution in [3.63, 3.8) is 0 Å². The molecule has 3 N–H and O–H groups in total. The molecule has 0 aromatic carbocycles. The Morgan fingerprint density at radius 1 is 1.10 bits per heavy atom. The number of carbonyl (C=O) groups is 1. The van der Waals surface area contributed by atoms with Crippen LogP contribution in [-0.4, -0.2) is 68.2 Å². The van der Waals surface area contributed by atoms with Crippen LogP contribution in [0.15, 0.2) is 29.9 Å². The molecule has 4 fully saturated rings. The molecular formula is C27H28ClFN8O2S. The number of anilines is 3. The van der Waals surface area contributed by atoms with Crippen LogP contribution in [0.2, 0.25) is 5.15 Å². The second-order valence-electron chi connectivity index (χ2n) is 10.8. The number of halogens is 2. The van der Waals surface area contributed by atoms with E-state index in [-0.39, 0.29) is 34.4 Å². The van der Waals surface area contributed by atoms with Gasteiger partial charge in [0.25, 0.3) is 0 Å². The molecule has 0 radical (unpaired) electrons. The third-order valence-electron chi connectivity index (χ3n) is 8.63. The molecular weight excluding hydrogens is 555 g/mol. The van der Waals surface area contributed by atoms with Crippen LogP contribution in [0.3, 0.4) is 0 Å². The molecule has 40 heavy (non-hydrogen) atoms. The summed E-state index contributed by atoms with van der Waals surface area (Å²) in [7, 11) is 0. The van der Waals surface area contributed by atoms with E-state index in [1.807, 2.05) is 11.0 Å². The van der Waals surface area contributed by atoms with Crippen molar-refractivity contribution in [3.05, 3.63) is 40.9 Å². The summed E-state index contributed by atoms with van der Waals surface area (Å²) >= 11 is 7.83. The van der Waals surface area contributed by atoms with Crippen molar-refractivity contribution in [1.82, 2.24) is 24.9 Å². The Bertz CT molecular complexity index is 1550. The quantitative estimate of drug-likeness (QED) is 0.291. The van der Waals surface area contributed by atoms with Crippen LogP contribution in [0.5, 0.6) is 0 Å². The molecule has 13 heteroatoms. The molecule has 3 aliphatic carbocycles. The minimum absolute atomic E-state index is 0.0221. The molecule has 2 bridgehead atoms. The van der Waals surface area contributed by atoms with Crippen molar-refractivity contribution in [1.29, 1.82) is 0 Å². The number of aliphatic carboxylic acids is 1. The summed E-state index contributed by atoms with van der Waals surface area (Å²) in [6.45, 7) is 2.61. The minimum Gasteiger partial charge on any atom is -0.481 e. The third kappa shape index (κ3) is 4.43. The molecule has 4 aliphatic rings. The van der Waals surface area contributed by atoms with Crippen molar-refractivity contribution < 1.29 is 14.3 Å². The zero-order valence-corrected chi connectivity index (χ0v) is 23.1. The van der Waals surface area contributed by atoms with Gasteiger partial charge in [0, 0.05) is 38.4 Å². The van der Waals surface area contributed by atoms with Crippen LogP contribution in [0.4, 0.5) is 21.0 Å². The van der Waals surface area contributed by atoms with E-state index in [1.165, 1.54) is 11.2 Å². The Hall–Kier alpha value is -3.51. The molecule has 10 nitrogen and oxygen atoms in total. The van der Waals surface area contributed by atoms with Crippen molar-refractivity contribution >= 4 is 56.7 Å². The molecule has 2 atom stereocenters. The molecule has 8 rings (SSSR count). The lowest BCUT2D eigenvalue weighted by Crippen LogP contribution is -2.51. The maximum absolute atomic E-state index is 16.3. The van der Waals surface area contributed by atoms with Gasteiger partial charge in [-0.15, -0.1) is 11.3 Å². The topological polar surface area (TPSA) is 123 Å². The van der Waals surface area contributed by atoms with Crippen molar-refractivity contribution in [2.24, 2.45) is 17.8 Å². The van der Waals surface area contributed by atoms with Crippen LogP contribution >= 0.6 is 22.9 Å². The number of nitrogens with zero attached hydrogens (tertiary/aromatic N) is 6. The van der Waals surface area contributed by atoms with E-state index >= 15 is 4.39 Å². The van der Waals surface area contributed by atoms with Gasteiger partial charge in [0.15, 0.2) is 23.1 Å². The number of rotatable bonds is 6. The highest BCUT2D eigenvalue weighted by atomic mass is 35.5. The summed E-state index contributed by atoms with van der Waals surface area (Å²) in [5.74, 6) is -1.27. The van der Waals surface area contributed by atoms with Crippen LogP contribution in [-0.2, 0) is 4.79 Å². The zero-order valence-electron chi connectivity index (χ0n) is 21.6. The number of thiophene rings is 1. The van der Waals surface area contributed by atoms with E-state index in [0.29, 0.717) is 29.8 Å². The van der Waals surface area contributed by atoms with Crippen molar-refractivity contribution in [3.8, 4) is 11.4 Å². The van der Waals surface area contributed by atoms with Gasteiger partial charge in [0.05, 0.1) is 22.7 Å². The van der Waals surface area contributed by atoms with Gasteiger partial charge in [-0.05, 0) is 55.0 Å². The zero-order chi connectivity index (χ0) is 27.4. The number of aromatic amines is 1. The van der Waals surface area contributed by atoms with Crippen LogP contribution in [0, 0.1) is 23.6 Å². The number of carboxylic acid groups (broad SMARTS) is 1. The van der Waals surface area contributed by atoms with Gasteiger partial charge in [-0.3, -0.25) is 4.79 Å². The molecule has 1 saturated heterocycles. The molecule has 1 aliphatic heterocycles. The molecule has 4 aromatic heterocycles. The lowest BCUT2D eigenvalue weighted by atomic mass is 9.61. The first-order chi connectivity index (χ1) is 19.5. The third-order valence-corrected chi connectivity index (χ3v) is 9.74. The molecule has 4 aromatic rings. The smallest absolute Gasteiger partial charge is 0.308 e. The summed E-state index contributed by atoms with van der Waals surface area (Å²) in [6, 6.07) is 3.72. The molecule has 0 amide bonds. The number of hydrogen-bond acceptors (Lipinski definition) is 9. The summed E-state index contributed by atoms with van der Waals surface area (Å²) < 4.78 is 16.3. The summed E-state index contributed by atoms with van der Waals surface area (Å²) in [5, 5.41) is 16.8. The van der Waals surface area contributed by atoms with E-state index in [0.717, 1.165) is 38.8 Å². The lowest BCUT2D eigenvalue weighted by molar-refractivity contribution is -0.148. The van der Waals surface area contributed by atoms with Crippen molar-refractivity contribution in [2.75, 3.05) is 41.3 Å². The summed E-state index contributed by atoms with van der Waals surface area (Å²) in [4.78, 5) is 37.6. The Morgan fingerprint density at radius 2 is 1.85 bits per heavy atom. The van der Waals surface area contributed by atoms with Gasteiger partial charge in [-0.1, -0.05) is 11.6 Å². The maximum Gasteiger partial charge on any atom is 0.308 e. The van der Waals surface area contributed by atoms with Crippen LogP contribution in [0.25, 0.3) is 22.6 Å². The van der Waals surface area contributed by atoms with E-state index < -0.39 is 23.7 Å². The normalized spacial score (nSPS) is 24.6. The maximum atomic E-state index is 16.3. The number of piperazine rings is 1. The fourth-order valence-electron chi connectivity index (χ4n) is 6.66. The number of nitrogens with one attached hydrogen (secondary N) is 2. The minimum atomic E-state index is -0.840. The van der Waals surface area contributed by atoms with Gasteiger partial charge in [-0.25, -0.2) is 19.9 Å². The van der Waals surface area contributed by atoms with Gasteiger partial charge in [0.2, 0.25) is 5.82 Å². The van der Waals surface area contributed by atoms with Crippen molar-refractivity contribution in [2.45, 2.75) is 31.7 Å². The van der Waals surface area contributed by atoms with Gasteiger partial charge >= 0.3 is 5.97 Å². The Kier molecular flexibility index (Phi) is 6.46. The SMILES string of the molecule is O=C(O)[C@H]1C2CCC(CC2)[C@@H]1Nc1nc(-c2c[nH]c3ncc(Cl)nc23)nc(N2CCN(c3cccs3)CC2)c1F. The average molecular weight is 583 g/mol. The summed E-state index contributed by atoms with van der Waals surface area (Å²) in [6.07, 6.45) is 6.79. The Labute approximate surface area is 238 Å². The Balaban J connectivity index is 1.28. The number of aromatic nitrogens is 5. The molecule has 0 unspecified atom stereocenters. The van der Waals surface area contributed by atoms with Crippen LogP contribution < -0.4 is 15.1 Å². The molecule has 208 valence electrons. The largest absolute Gasteiger partial charge is 0.481 e. The highest BCUT2D eigenvalue weighted by Gasteiger charge is 2.47. The first-order valence-corrected chi connectivity index (χ1v) is 14.8. The summed E-state index contributed by atoms with van der Waals surface area (Å²) in [5.41, 5.74) is 1.55. The van der Waals surface area contributed by atoms with Gasteiger partial charge in [-0.2, -0.15) is 4.39 Å². The number of fused-ring (bicyclic) bond motifs is 4. The van der Waals surface area contributed by atoms with E-state index in [9.17, 15) is 9.90 Å². The van der Waals surface area contributed by atoms with E-state index in [4.69, 9.17) is 16.6 Å². The second-order valence-corrected chi connectivity index (χ2v) is 12.1. The molecule has 0 spiro atoms. The molecule has 5 heterocycles. The fraction of sp³-hybridized carbons (Fsp3) is 0.444. The highest BCUT2D eigenvalue weighted by molar-refractivity contribution is 7.14. The first-order valence-electron chi connectivity index (χ1n) is 13.6. The predicted octanol–water partition coefficient (Wildman–Crippen LogP) is 4.90. The highest BCUT2D eigenvalue weighted by Crippen LogP contribution is 2.47. The average Bonchev–Trinajstić information content (AvgIpc) is 3.65. The number of H-pyrrole nitrogens is 1. The first kappa shape index (κ1) is 25.5.